The lowest BCUT2D eigenvalue weighted by Gasteiger charge is -2.25. The smallest absolute Gasteiger partial charge is 0.326 e. The zero-order valence-electron chi connectivity index (χ0n) is 8.54. The van der Waals surface area contributed by atoms with E-state index in [0.29, 0.717) is 19.7 Å². The molecule has 78 valence electrons. The van der Waals surface area contributed by atoms with Crippen LogP contribution in [0, 0.1) is 0 Å². The van der Waals surface area contributed by atoms with Gasteiger partial charge in [-0.25, -0.2) is 0 Å². The number of carbonyl (C=O) groups is 1. The highest BCUT2D eigenvalue weighted by Crippen LogP contribution is 2.12. The standard InChI is InChI=1S/C7H14O4.C2H4/c1-4-9-7(3,10-5-2)11-6-8;1-2/h6H,4-5H2,1-3H3;1-2H2. The van der Waals surface area contributed by atoms with Crippen LogP contribution < -0.4 is 0 Å². The van der Waals surface area contributed by atoms with Crippen LogP contribution in [0.1, 0.15) is 20.8 Å². The Hall–Kier alpha value is -0.870. The topological polar surface area (TPSA) is 44.8 Å². The predicted octanol–water partition coefficient (Wildman–Crippen LogP) is 1.71. The fourth-order valence-corrected chi connectivity index (χ4v) is 0.721. The first-order chi connectivity index (χ1) is 6.18. The van der Waals surface area contributed by atoms with Crippen molar-refractivity contribution in [2.45, 2.75) is 26.7 Å². The number of hydrogen-bond acceptors (Lipinski definition) is 4. The number of rotatable bonds is 6. The van der Waals surface area contributed by atoms with Gasteiger partial charge in [-0.1, -0.05) is 0 Å². The molecule has 0 radical (unpaired) electrons. The molecular weight excluding hydrogens is 172 g/mol. The lowest BCUT2D eigenvalue weighted by molar-refractivity contribution is -0.344. The third-order valence-electron chi connectivity index (χ3n) is 1.08. The van der Waals surface area contributed by atoms with Crippen LogP contribution in [0.4, 0.5) is 0 Å². The number of hydrogen-bond donors (Lipinski definition) is 0. The van der Waals surface area contributed by atoms with E-state index < -0.39 is 5.97 Å². The van der Waals surface area contributed by atoms with E-state index in [2.05, 4.69) is 17.9 Å². The average Bonchev–Trinajstić information content (AvgIpc) is 2.09. The highest BCUT2D eigenvalue weighted by molar-refractivity contribution is 5.37. The molecule has 0 atom stereocenters. The minimum Gasteiger partial charge on any atom is -0.410 e. The van der Waals surface area contributed by atoms with Crippen molar-refractivity contribution in [1.29, 1.82) is 0 Å². The second-order valence-corrected chi connectivity index (χ2v) is 1.94. The Morgan fingerprint density at radius 1 is 1.23 bits per heavy atom. The van der Waals surface area contributed by atoms with Gasteiger partial charge in [0.25, 0.3) is 6.47 Å². The molecule has 0 N–H and O–H groups in total. The van der Waals surface area contributed by atoms with Crippen LogP contribution in [-0.2, 0) is 19.0 Å². The summed E-state index contributed by atoms with van der Waals surface area (Å²) in [6.07, 6.45) is 0. The summed E-state index contributed by atoms with van der Waals surface area (Å²) in [6.45, 7) is 12.3. The van der Waals surface area contributed by atoms with E-state index in [1.54, 1.807) is 20.8 Å². The summed E-state index contributed by atoms with van der Waals surface area (Å²) >= 11 is 0. The Labute approximate surface area is 79.5 Å². The molecule has 0 aromatic rings. The minimum absolute atomic E-state index is 0.311. The lowest BCUT2D eigenvalue weighted by Crippen LogP contribution is -2.35. The first-order valence-electron chi connectivity index (χ1n) is 4.08. The first kappa shape index (κ1) is 14.6. The van der Waals surface area contributed by atoms with Crippen molar-refractivity contribution < 1.29 is 19.0 Å². The molecule has 0 fully saturated rings. The van der Waals surface area contributed by atoms with Crippen LogP contribution in [0.15, 0.2) is 13.2 Å². The maximum Gasteiger partial charge on any atom is 0.326 e. The van der Waals surface area contributed by atoms with Crippen molar-refractivity contribution >= 4 is 6.47 Å². The van der Waals surface area contributed by atoms with Gasteiger partial charge < -0.3 is 14.2 Å². The van der Waals surface area contributed by atoms with Gasteiger partial charge >= 0.3 is 5.97 Å². The first-order valence-corrected chi connectivity index (χ1v) is 4.08. The van der Waals surface area contributed by atoms with Crippen molar-refractivity contribution in [2.75, 3.05) is 13.2 Å². The van der Waals surface area contributed by atoms with Gasteiger partial charge in [-0.3, -0.25) is 4.79 Å². The summed E-state index contributed by atoms with van der Waals surface area (Å²) in [5, 5.41) is 0. The maximum absolute atomic E-state index is 9.99. The van der Waals surface area contributed by atoms with Gasteiger partial charge in [-0.05, 0) is 13.8 Å². The molecule has 0 aliphatic rings. The zero-order chi connectivity index (χ0) is 10.7. The molecular formula is C9H18O4. The highest BCUT2D eigenvalue weighted by atomic mass is 16.9. The Bertz CT molecular complexity index is 119. The van der Waals surface area contributed by atoms with Crippen molar-refractivity contribution in [3.63, 3.8) is 0 Å². The molecule has 0 rings (SSSR count). The summed E-state index contributed by atoms with van der Waals surface area (Å²) in [7, 11) is 0. The third-order valence-corrected chi connectivity index (χ3v) is 1.08. The van der Waals surface area contributed by atoms with Gasteiger partial charge in [-0.15, -0.1) is 13.2 Å². The summed E-state index contributed by atoms with van der Waals surface area (Å²) in [5.74, 6) is -1.22. The fourth-order valence-electron chi connectivity index (χ4n) is 0.721. The molecule has 0 heterocycles. The van der Waals surface area contributed by atoms with Crippen molar-refractivity contribution in [3.8, 4) is 0 Å². The largest absolute Gasteiger partial charge is 0.410 e. The summed E-state index contributed by atoms with van der Waals surface area (Å²) in [6, 6.07) is 0. The van der Waals surface area contributed by atoms with Gasteiger partial charge in [0.1, 0.15) is 0 Å². The molecule has 0 amide bonds. The average molecular weight is 190 g/mol. The van der Waals surface area contributed by atoms with Crippen LogP contribution in [-0.4, -0.2) is 25.7 Å². The monoisotopic (exact) mass is 190 g/mol. The van der Waals surface area contributed by atoms with E-state index >= 15 is 0 Å². The summed E-state index contributed by atoms with van der Waals surface area (Å²) in [5.41, 5.74) is 0. The molecule has 0 unspecified atom stereocenters. The molecule has 0 aromatic heterocycles. The molecule has 0 saturated heterocycles. The molecule has 0 saturated carbocycles. The predicted molar refractivity (Wildman–Crippen MR) is 50.1 cm³/mol. The summed E-state index contributed by atoms with van der Waals surface area (Å²) in [4.78, 5) is 9.99. The fraction of sp³-hybridized carbons (Fsp3) is 0.667. The lowest BCUT2D eigenvalue weighted by atomic mass is 10.6. The molecule has 4 nitrogen and oxygen atoms in total. The normalized spacial score (nSPS) is 9.77. The third kappa shape index (κ3) is 7.49. The number of ether oxygens (including phenoxy) is 3. The van der Waals surface area contributed by atoms with Crippen LogP contribution in [0.3, 0.4) is 0 Å². The Balaban J connectivity index is 0. The molecule has 4 heteroatoms. The molecule has 0 aliphatic heterocycles. The number of carbonyl (C=O) groups excluding carboxylic acids is 1. The van der Waals surface area contributed by atoms with Gasteiger partial charge in [0.2, 0.25) is 0 Å². The molecule has 13 heavy (non-hydrogen) atoms. The van der Waals surface area contributed by atoms with Crippen molar-refractivity contribution in [3.05, 3.63) is 13.2 Å². The molecule has 0 bridgehead atoms. The van der Waals surface area contributed by atoms with Crippen molar-refractivity contribution in [1.82, 2.24) is 0 Å². The van der Waals surface area contributed by atoms with Crippen LogP contribution >= 0.6 is 0 Å². The second kappa shape index (κ2) is 9.22. The van der Waals surface area contributed by atoms with Gasteiger partial charge in [0.05, 0.1) is 13.2 Å². The second-order valence-electron chi connectivity index (χ2n) is 1.94. The van der Waals surface area contributed by atoms with E-state index in [1.165, 1.54) is 0 Å². The van der Waals surface area contributed by atoms with E-state index in [-0.39, 0.29) is 0 Å². The minimum atomic E-state index is -1.22. The molecule has 0 aliphatic carbocycles. The highest BCUT2D eigenvalue weighted by Gasteiger charge is 2.26. The summed E-state index contributed by atoms with van der Waals surface area (Å²) < 4.78 is 14.7. The maximum atomic E-state index is 9.99. The molecule has 0 spiro atoms. The SMILES string of the molecule is C=C.CCOC(C)(OC=O)OCC. The van der Waals surface area contributed by atoms with Crippen LogP contribution in [0.2, 0.25) is 0 Å². The van der Waals surface area contributed by atoms with Gasteiger partial charge in [0, 0.05) is 6.92 Å². The molecule has 0 aromatic carbocycles. The van der Waals surface area contributed by atoms with E-state index in [9.17, 15) is 4.79 Å². The van der Waals surface area contributed by atoms with Crippen molar-refractivity contribution in [2.24, 2.45) is 0 Å². The Kier molecular flexibility index (Phi) is 10.4. The van der Waals surface area contributed by atoms with Gasteiger partial charge in [-0.2, -0.15) is 0 Å². The quantitative estimate of drug-likeness (QED) is 0.363. The van der Waals surface area contributed by atoms with E-state index in [1.807, 2.05) is 0 Å². The Morgan fingerprint density at radius 2 is 1.62 bits per heavy atom. The van der Waals surface area contributed by atoms with Gasteiger partial charge in [0.15, 0.2) is 0 Å². The van der Waals surface area contributed by atoms with Crippen LogP contribution in [0.5, 0.6) is 0 Å². The van der Waals surface area contributed by atoms with E-state index in [4.69, 9.17) is 9.47 Å². The van der Waals surface area contributed by atoms with E-state index in [0.717, 1.165) is 0 Å². The zero-order valence-corrected chi connectivity index (χ0v) is 8.54. The van der Waals surface area contributed by atoms with Crippen LogP contribution in [0.25, 0.3) is 0 Å². The Morgan fingerprint density at radius 3 is 1.85 bits per heavy atom.